The van der Waals surface area contributed by atoms with Gasteiger partial charge < -0.3 is 14.9 Å². The van der Waals surface area contributed by atoms with Crippen LogP contribution in [0.15, 0.2) is 42.5 Å². The second kappa shape index (κ2) is 12.0. The molecule has 15 heavy (non-hydrogen) atoms. The van der Waals surface area contributed by atoms with Gasteiger partial charge >= 0.3 is 0 Å². The normalized spacial score (nSPS) is 7.33. The number of rotatable bonds is 0. The summed E-state index contributed by atoms with van der Waals surface area (Å²) in [5, 5.41) is 2.66. The molecule has 0 aliphatic rings. The summed E-state index contributed by atoms with van der Waals surface area (Å²) in [6.45, 7) is 4.42. The molecule has 0 aliphatic heterocycles. The van der Waals surface area contributed by atoms with E-state index >= 15 is 0 Å². The van der Waals surface area contributed by atoms with E-state index in [4.69, 9.17) is 0 Å². The molecule has 2 rings (SSSR count). The molecule has 0 saturated carbocycles. The molecular weight excluding hydrogens is 363 g/mol. The van der Waals surface area contributed by atoms with Crippen molar-refractivity contribution in [3.8, 4) is 0 Å². The van der Waals surface area contributed by atoms with Gasteiger partial charge in [0.15, 0.2) is 0 Å². The summed E-state index contributed by atoms with van der Waals surface area (Å²) in [5.41, 5.74) is 0. The van der Waals surface area contributed by atoms with E-state index in [1.54, 1.807) is 0 Å². The quantitative estimate of drug-likeness (QED) is 0.477. The third-order valence-corrected chi connectivity index (χ3v) is 1.55. The van der Waals surface area contributed by atoms with E-state index in [9.17, 15) is 0 Å². The molecule has 0 aliphatic carbocycles. The Morgan fingerprint density at radius 3 is 2.07 bits per heavy atom. The second-order valence-electron chi connectivity index (χ2n) is 2.73. The van der Waals surface area contributed by atoms with Crippen molar-refractivity contribution in [2.45, 2.75) is 13.1 Å². The third-order valence-electron chi connectivity index (χ3n) is 1.55. The summed E-state index contributed by atoms with van der Waals surface area (Å²) < 4.78 is 0. The fourth-order valence-electron chi connectivity index (χ4n) is 1.07. The van der Waals surface area contributed by atoms with Gasteiger partial charge in [0, 0.05) is 35.4 Å². The van der Waals surface area contributed by atoms with Crippen LogP contribution in [-0.4, -0.2) is 9.52 Å². The van der Waals surface area contributed by atoms with Crippen molar-refractivity contribution in [1.82, 2.24) is 0 Å². The first-order chi connectivity index (χ1) is 5.88. The van der Waals surface area contributed by atoms with Gasteiger partial charge in [-0.1, -0.05) is 19.2 Å². The standard InChI is InChI=1S/C9H7.C2H7Si.2CH3.Hf/c1-2-5-9-7-3-6-8(9)4-1;1-3-2;;;/h1-7H;3H,1-2H3;2*1H3;/q-1;;2*-1;. The summed E-state index contributed by atoms with van der Waals surface area (Å²) in [6, 6.07) is 14.7. The summed E-state index contributed by atoms with van der Waals surface area (Å²) in [7, 11) is 0.750. The molecular formula is C13H20HfSi-3. The molecule has 0 bridgehead atoms. The monoisotopic (exact) mass is 384 g/mol. The van der Waals surface area contributed by atoms with E-state index in [1.807, 2.05) is 0 Å². The van der Waals surface area contributed by atoms with Gasteiger partial charge in [0.25, 0.3) is 0 Å². The molecule has 2 heteroatoms. The van der Waals surface area contributed by atoms with E-state index in [-0.39, 0.29) is 40.7 Å². The van der Waals surface area contributed by atoms with E-state index in [0.29, 0.717) is 0 Å². The van der Waals surface area contributed by atoms with Crippen molar-refractivity contribution in [1.29, 1.82) is 0 Å². The van der Waals surface area contributed by atoms with Gasteiger partial charge in [-0.3, -0.25) is 0 Å². The molecule has 2 aromatic carbocycles. The van der Waals surface area contributed by atoms with Crippen LogP contribution >= 0.6 is 0 Å². The summed E-state index contributed by atoms with van der Waals surface area (Å²) in [4.78, 5) is 0. The Bertz CT molecular complexity index is 298. The van der Waals surface area contributed by atoms with Gasteiger partial charge in [0.1, 0.15) is 0 Å². The van der Waals surface area contributed by atoms with Gasteiger partial charge in [0.2, 0.25) is 0 Å². The number of benzene rings is 1. The van der Waals surface area contributed by atoms with Crippen molar-refractivity contribution >= 4 is 20.3 Å². The summed E-state index contributed by atoms with van der Waals surface area (Å²) in [5.74, 6) is 0. The van der Waals surface area contributed by atoms with Crippen molar-refractivity contribution in [3.05, 3.63) is 57.3 Å². The Morgan fingerprint density at radius 2 is 1.53 bits per heavy atom. The molecule has 2 aromatic rings. The third kappa shape index (κ3) is 6.91. The van der Waals surface area contributed by atoms with Crippen LogP contribution in [0.1, 0.15) is 0 Å². The van der Waals surface area contributed by atoms with Gasteiger partial charge in [-0.25, -0.2) is 0 Å². The molecule has 0 aromatic heterocycles. The Labute approximate surface area is 116 Å². The van der Waals surface area contributed by atoms with Crippen LogP contribution < -0.4 is 0 Å². The van der Waals surface area contributed by atoms with Crippen molar-refractivity contribution in [2.75, 3.05) is 0 Å². The predicted octanol–water partition coefficient (Wildman–Crippen LogP) is 3.98. The number of hydrogen-bond acceptors (Lipinski definition) is 0. The summed E-state index contributed by atoms with van der Waals surface area (Å²) in [6.07, 6.45) is 0. The molecule has 0 heterocycles. The molecule has 0 fully saturated rings. The molecule has 0 atom stereocenters. The zero-order valence-corrected chi connectivity index (χ0v) is 14.9. The predicted molar refractivity (Wildman–Crippen MR) is 71.2 cm³/mol. The van der Waals surface area contributed by atoms with Crippen LogP contribution in [0.2, 0.25) is 13.1 Å². The maximum atomic E-state index is 2.21. The van der Waals surface area contributed by atoms with Crippen molar-refractivity contribution in [3.63, 3.8) is 0 Å². The molecule has 83 valence electrons. The Hall–Kier alpha value is -0.0830. The van der Waals surface area contributed by atoms with Crippen LogP contribution in [-0.2, 0) is 25.8 Å². The molecule has 0 saturated heterocycles. The molecule has 0 unspecified atom stereocenters. The number of fused-ring (bicyclic) bond motifs is 1. The minimum Gasteiger partial charge on any atom is -0.358 e. The minimum atomic E-state index is 0. The smallest absolute Gasteiger partial charge is 0.0213 e. The Morgan fingerprint density at radius 1 is 1.00 bits per heavy atom. The SMILES string of the molecule is C[SiH]C.[CH3-].[CH3-].[Hf].c1ccc2[cH-]ccc2c1. The topological polar surface area (TPSA) is 0 Å². The van der Waals surface area contributed by atoms with Gasteiger partial charge in [-0.15, -0.1) is 29.7 Å². The minimum absolute atomic E-state index is 0. The zero-order chi connectivity index (χ0) is 8.81. The van der Waals surface area contributed by atoms with Gasteiger partial charge in [0.05, 0.1) is 0 Å². The van der Waals surface area contributed by atoms with Crippen LogP contribution in [0, 0.1) is 14.9 Å². The van der Waals surface area contributed by atoms with E-state index in [1.165, 1.54) is 10.8 Å². The van der Waals surface area contributed by atoms with E-state index in [0.717, 1.165) is 9.52 Å². The Kier molecular flexibility index (Phi) is 16.3. The van der Waals surface area contributed by atoms with E-state index < -0.39 is 0 Å². The average Bonchev–Trinajstić information content (AvgIpc) is 2.52. The largest absolute Gasteiger partial charge is 0.358 e. The molecule has 1 radical (unpaired) electrons. The van der Waals surface area contributed by atoms with Gasteiger partial charge in [-0.05, 0) is 0 Å². The van der Waals surface area contributed by atoms with Crippen LogP contribution in [0.3, 0.4) is 0 Å². The first-order valence-electron chi connectivity index (χ1n) is 4.23. The van der Waals surface area contributed by atoms with Crippen LogP contribution in [0.5, 0.6) is 0 Å². The second-order valence-corrected chi connectivity index (χ2v) is 3.89. The van der Waals surface area contributed by atoms with Crippen LogP contribution in [0.4, 0.5) is 0 Å². The first kappa shape index (κ1) is 20.3. The number of hydrogen-bond donors (Lipinski definition) is 0. The zero-order valence-electron chi connectivity index (χ0n) is 10.1. The molecule has 0 spiro atoms. The van der Waals surface area contributed by atoms with E-state index in [2.05, 4.69) is 55.6 Å². The Balaban J connectivity index is -0.000000220. The van der Waals surface area contributed by atoms with Crippen LogP contribution in [0.25, 0.3) is 10.8 Å². The van der Waals surface area contributed by atoms with Crippen molar-refractivity contribution in [2.24, 2.45) is 0 Å². The molecule has 0 nitrogen and oxygen atoms in total. The van der Waals surface area contributed by atoms with Crippen molar-refractivity contribution < 1.29 is 25.8 Å². The molecule has 0 amide bonds. The summed E-state index contributed by atoms with van der Waals surface area (Å²) >= 11 is 0. The fourth-order valence-corrected chi connectivity index (χ4v) is 1.07. The molecule has 0 N–H and O–H groups in total. The van der Waals surface area contributed by atoms with Gasteiger partial charge in [-0.2, -0.15) is 17.5 Å². The fraction of sp³-hybridized carbons (Fsp3) is 0.154. The maximum absolute atomic E-state index is 2.21. The maximum Gasteiger partial charge on any atom is 0.0213 e. The average molecular weight is 383 g/mol. The first-order valence-corrected chi connectivity index (χ1v) is 6.54.